The van der Waals surface area contributed by atoms with Crippen molar-refractivity contribution in [3.05, 3.63) is 130 Å². The molecule has 0 saturated heterocycles. The summed E-state index contributed by atoms with van der Waals surface area (Å²) in [6, 6.07) is 37.3. The molecule has 4 aromatic rings. The number of anilines is 2. The van der Waals surface area contributed by atoms with Crippen LogP contribution in [0.5, 0.6) is 0 Å². The highest BCUT2D eigenvalue weighted by Crippen LogP contribution is 2.48. The average molecular weight is 727 g/mol. The lowest BCUT2D eigenvalue weighted by Gasteiger charge is -2.42. The second-order valence-electron chi connectivity index (χ2n) is 17.0. The van der Waals surface area contributed by atoms with Gasteiger partial charge in [0.15, 0.2) is 0 Å². The monoisotopic (exact) mass is 727 g/mol. The molecule has 0 spiro atoms. The van der Waals surface area contributed by atoms with Crippen molar-refractivity contribution < 1.29 is 0 Å². The van der Waals surface area contributed by atoms with Gasteiger partial charge >= 0.3 is 0 Å². The van der Waals surface area contributed by atoms with E-state index in [0.29, 0.717) is 11.8 Å². The molecule has 4 aromatic carbocycles. The molecule has 292 valence electrons. The number of rotatable bonds is 23. The van der Waals surface area contributed by atoms with E-state index >= 15 is 0 Å². The summed E-state index contributed by atoms with van der Waals surface area (Å²) in [5.41, 5.74) is 22.7. The highest BCUT2D eigenvalue weighted by atomic mass is 14.5. The van der Waals surface area contributed by atoms with Crippen molar-refractivity contribution in [1.29, 1.82) is 0 Å². The first kappa shape index (κ1) is 41.6. The van der Waals surface area contributed by atoms with Gasteiger partial charge in [-0.1, -0.05) is 190 Å². The molecule has 1 fully saturated rings. The second-order valence-corrected chi connectivity index (χ2v) is 17.0. The summed E-state index contributed by atoms with van der Waals surface area (Å²) >= 11 is 0. The Balaban J connectivity index is 1.41. The van der Waals surface area contributed by atoms with Crippen molar-refractivity contribution >= 4 is 11.4 Å². The van der Waals surface area contributed by atoms with E-state index in [4.69, 9.17) is 11.5 Å². The molecule has 2 nitrogen and oxygen atoms in total. The molecule has 0 radical (unpaired) electrons. The van der Waals surface area contributed by atoms with Crippen LogP contribution in [0.25, 0.3) is 0 Å². The lowest BCUT2D eigenvalue weighted by Crippen LogP contribution is -2.33. The molecule has 0 bridgehead atoms. The summed E-state index contributed by atoms with van der Waals surface area (Å²) in [5, 5.41) is 0. The summed E-state index contributed by atoms with van der Waals surface area (Å²) in [4.78, 5) is 0. The van der Waals surface area contributed by atoms with Crippen LogP contribution in [0.4, 0.5) is 11.4 Å². The third kappa shape index (κ3) is 11.7. The maximum Gasteiger partial charge on any atom is 0.0314 e. The molecular weight excluding hydrogens is 653 g/mol. The third-order valence-electron chi connectivity index (χ3n) is 13.0. The predicted octanol–water partition coefficient (Wildman–Crippen LogP) is 15.3. The fraction of sp³-hybridized carbons (Fsp3) is 0.538. The van der Waals surface area contributed by atoms with E-state index in [1.807, 2.05) is 0 Å². The molecule has 0 aliphatic heterocycles. The highest BCUT2D eigenvalue weighted by Gasteiger charge is 2.38. The molecule has 2 heteroatoms. The van der Waals surface area contributed by atoms with Crippen molar-refractivity contribution in [2.45, 2.75) is 173 Å². The molecule has 4 N–H and O–H groups in total. The zero-order valence-corrected chi connectivity index (χ0v) is 34.5. The molecule has 0 heterocycles. The van der Waals surface area contributed by atoms with E-state index in [1.54, 1.807) is 0 Å². The Hall–Kier alpha value is -3.52. The van der Waals surface area contributed by atoms with Crippen LogP contribution in [0.1, 0.15) is 201 Å². The Morgan fingerprint density at radius 1 is 0.444 bits per heavy atom. The first-order valence-corrected chi connectivity index (χ1v) is 22.4. The second kappa shape index (κ2) is 22.1. The number of hydrogen-bond donors (Lipinski definition) is 2. The van der Waals surface area contributed by atoms with E-state index in [9.17, 15) is 0 Å². The quantitative estimate of drug-likeness (QED) is 0.0590. The molecule has 0 amide bonds. The molecule has 2 unspecified atom stereocenters. The number of unbranched alkanes of at least 4 members (excludes halogenated alkanes) is 11. The zero-order chi connectivity index (χ0) is 38.0. The van der Waals surface area contributed by atoms with E-state index in [0.717, 1.165) is 17.3 Å². The topological polar surface area (TPSA) is 52.0 Å². The van der Waals surface area contributed by atoms with Crippen LogP contribution in [0.3, 0.4) is 0 Å². The minimum Gasteiger partial charge on any atom is -0.399 e. The number of hydrogen-bond acceptors (Lipinski definition) is 2. The summed E-state index contributed by atoms with van der Waals surface area (Å²) in [6.07, 6.45) is 27.6. The van der Waals surface area contributed by atoms with Crippen LogP contribution in [0.2, 0.25) is 0 Å². The van der Waals surface area contributed by atoms with Crippen LogP contribution >= 0.6 is 0 Å². The average Bonchev–Trinajstić information content (AvgIpc) is 3.21. The van der Waals surface area contributed by atoms with Crippen molar-refractivity contribution in [3.8, 4) is 0 Å². The van der Waals surface area contributed by atoms with Gasteiger partial charge in [0.25, 0.3) is 0 Å². The predicted molar refractivity (Wildman–Crippen MR) is 237 cm³/mol. The first-order chi connectivity index (χ1) is 26.5. The van der Waals surface area contributed by atoms with Crippen LogP contribution in [0, 0.1) is 5.92 Å². The van der Waals surface area contributed by atoms with Gasteiger partial charge in [-0.05, 0) is 102 Å². The number of nitrogen functional groups attached to an aromatic ring is 2. The third-order valence-corrected chi connectivity index (χ3v) is 13.0. The van der Waals surface area contributed by atoms with Crippen molar-refractivity contribution in [2.24, 2.45) is 5.92 Å². The van der Waals surface area contributed by atoms with Gasteiger partial charge in [-0.15, -0.1) is 0 Å². The van der Waals surface area contributed by atoms with Crippen LogP contribution in [-0.4, -0.2) is 0 Å². The molecule has 5 rings (SSSR count). The normalized spacial score (nSPS) is 18.4. The van der Waals surface area contributed by atoms with E-state index < -0.39 is 0 Å². The Kier molecular flexibility index (Phi) is 17.1. The van der Waals surface area contributed by atoms with Gasteiger partial charge < -0.3 is 11.5 Å². The molecule has 2 atom stereocenters. The Bertz CT molecular complexity index is 1470. The Labute approximate surface area is 330 Å². The fourth-order valence-electron chi connectivity index (χ4n) is 9.54. The largest absolute Gasteiger partial charge is 0.399 e. The van der Waals surface area contributed by atoms with Gasteiger partial charge in [-0.2, -0.15) is 0 Å². The Morgan fingerprint density at radius 3 is 1.17 bits per heavy atom. The maximum atomic E-state index is 6.13. The smallest absolute Gasteiger partial charge is 0.0314 e. The molecule has 1 aliphatic rings. The molecule has 54 heavy (non-hydrogen) atoms. The minimum absolute atomic E-state index is 0.0598. The maximum absolute atomic E-state index is 6.13. The number of nitrogens with two attached hydrogens (primary N) is 2. The van der Waals surface area contributed by atoms with Gasteiger partial charge in [0.1, 0.15) is 0 Å². The van der Waals surface area contributed by atoms with Gasteiger partial charge in [-0.3, -0.25) is 0 Å². The minimum atomic E-state index is 0.0598. The van der Waals surface area contributed by atoms with Gasteiger partial charge in [0.2, 0.25) is 0 Å². The van der Waals surface area contributed by atoms with E-state index in [2.05, 4.69) is 118 Å². The SMILES string of the molecule is CCCCCCCCC1CCC(c2ccc(C(CCCCCC)c3ccc(N)cc3)cc2)(c2ccc(C(CCCCCC)c3ccc(N)cc3)cc2)CC1. The lowest BCUT2D eigenvalue weighted by atomic mass is 9.62. The number of benzene rings is 4. The molecule has 1 aliphatic carbocycles. The first-order valence-electron chi connectivity index (χ1n) is 22.4. The summed E-state index contributed by atoms with van der Waals surface area (Å²) in [6.45, 7) is 6.91. The van der Waals surface area contributed by atoms with Gasteiger partial charge in [-0.25, -0.2) is 0 Å². The van der Waals surface area contributed by atoms with E-state index in [-0.39, 0.29) is 5.41 Å². The van der Waals surface area contributed by atoms with Crippen LogP contribution in [-0.2, 0) is 5.41 Å². The fourth-order valence-corrected chi connectivity index (χ4v) is 9.54. The van der Waals surface area contributed by atoms with Crippen LogP contribution in [0.15, 0.2) is 97.1 Å². The Morgan fingerprint density at radius 2 is 0.778 bits per heavy atom. The highest BCUT2D eigenvalue weighted by molar-refractivity contribution is 5.47. The standard InChI is InChI=1S/C52H74N2/c1-4-7-10-13-14-15-18-41-37-39-52(40-38-41,46-29-21-42(22-30-46)50(19-16-11-8-5-2)44-25-33-48(53)34-26-44)47-31-23-43(24-32-47)51(20-17-12-9-6-3)45-27-35-49(54)36-28-45/h21-36,41,50-51H,4-20,37-40,53-54H2,1-3H3. The van der Waals surface area contributed by atoms with E-state index in [1.165, 1.54) is 168 Å². The van der Waals surface area contributed by atoms with Gasteiger partial charge in [0.05, 0.1) is 0 Å². The van der Waals surface area contributed by atoms with Crippen molar-refractivity contribution in [1.82, 2.24) is 0 Å². The molecule has 0 aromatic heterocycles. The van der Waals surface area contributed by atoms with Crippen molar-refractivity contribution in [3.63, 3.8) is 0 Å². The summed E-state index contributed by atoms with van der Waals surface area (Å²) in [5.74, 6) is 1.67. The van der Waals surface area contributed by atoms with Gasteiger partial charge in [0, 0.05) is 28.6 Å². The van der Waals surface area contributed by atoms with Crippen molar-refractivity contribution in [2.75, 3.05) is 11.5 Å². The lowest BCUT2D eigenvalue weighted by molar-refractivity contribution is 0.250. The summed E-state index contributed by atoms with van der Waals surface area (Å²) in [7, 11) is 0. The zero-order valence-electron chi connectivity index (χ0n) is 34.5. The molecular formula is C52H74N2. The summed E-state index contributed by atoms with van der Waals surface area (Å²) < 4.78 is 0. The molecule has 1 saturated carbocycles. The van der Waals surface area contributed by atoms with Crippen LogP contribution < -0.4 is 11.5 Å².